The predicted octanol–water partition coefficient (Wildman–Crippen LogP) is 4.13. The van der Waals surface area contributed by atoms with Crippen LogP contribution < -0.4 is 0 Å². The van der Waals surface area contributed by atoms with E-state index in [1.165, 1.54) is 0 Å². The molecule has 0 aliphatic heterocycles. The van der Waals surface area contributed by atoms with Gasteiger partial charge in [-0.05, 0) is 64.5 Å². The summed E-state index contributed by atoms with van der Waals surface area (Å²) in [4.78, 5) is 0. The van der Waals surface area contributed by atoms with E-state index in [1.807, 2.05) is 0 Å². The molecule has 0 radical (unpaired) electrons. The molecule has 0 rings (SSSR count). The lowest BCUT2D eigenvalue weighted by molar-refractivity contribution is 0.250. The van der Waals surface area contributed by atoms with Gasteiger partial charge in [-0.25, -0.2) is 0 Å². The molecule has 0 aromatic rings. The molecule has 4 nitrogen and oxygen atoms in total. The summed E-state index contributed by atoms with van der Waals surface area (Å²) in [6.45, 7) is 17.7. The molecule has 0 saturated carbocycles. The maximum absolute atomic E-state index is 6.49. The van der Waals surface area contributed by atoms with Crippen LogP contribution in [-0.2, 0) is 17.1 Å². The first-order valence-corrected chi connectivity index (χ1v) is 19.1. The van der Waals surface area contributed by atoms with Gasteiger partial charge in [-0.3, -0.25) is 0 Å². The number of rotatable bonds is 9. The Labute approximate surface area is 129 Å². The van der Waals surface area contributed by atoms with Crippen molar-refractivity contribution in [2.24, 2.45) is 0 Å². The highest BCUT2D eigenvalue weighted by molar-refractivity contribution is 6.88. The summed E-state index contributed by atoms with van der Waals surface area (Å²) < 4.78 is 23.9. The van der Waals surface area contributed by atoms with Crippen molar-refractivity contribution >= 4 is 33.8 Å². The largest absolute Gasteiger partial charge is 0.437 e. The van der Waals surface area contributed by atoms with E-state index in [9.17, 15) is 0 Å². The van der Waals surface area contributed by atoms with Gasteiger partial charge in [0.05, 0.1) is 0 Å². The van der Waals surface area contributed by atoms with Gasteiger partial charge in [0.25, 0.3) is 0 Å². The zero-order valence-electron chi connectivity index (χ0n) is 15.0. The molecular weight excluding hydrogens is 320 g/mol. The predicted molar refractivity (Wildman–Crippen MR) is 95.7 cm³/mol. The fraction of sp³-hybridized carbons (Fsp3) is 1.00. The molecule has 0 aliphatic rings. The standard InChI is InChI=1S/C12H34O4Si4/c1-13-20(10,14-2)12-11-18(6,7)16-19(8,9)15-17(3,4)5/h11-12H2,1-10H3. The molecule has 20 heavy (non-hydrogen) atoms. The molecule has 0 N–H and O–H groups in total. The molecule has 0 bridgehead atoms. The Balaban J connectivity index is 4.59. The molecule has 0 unspecified atom stereocenters. The molecular formula is C12H34O4Si4. The van der Waals surface area contributed by atoms with E-state index in [0.29, 0.717) is 0 Å². The highest BCUT2D eigenvalue weighted by atomic mass is 28.5. The van der Waals surface area contributed by atoms with Crippen LogP contribution in [0, 0.1) is 0 Å². The minimum absolute atomic E-state index is 0.983. The van der Waals surface area contributed by atoms with Crippen molar-refractivity contribution in [2.45, 2.75) is 64.5 Å². The Morgan fingerprint density at radius 1 is 0.650 bits per heavy atom. The van der Waals surface area contributed by atoms with E-state index in [0.717, 1.165) is 12.1 Å². The van der Waals surface area contributed by atoms with E-state index in [-0.39, 0.29) is 0 Å². The third-order valence-corrected chi connectivity index (χ3v) is 16.6. The SMILES string of the molecule is CO[Si](C)(CC[Si](C)(C)O[Si](C)(C)O[Si](C)(C)C)OC. The molecule has 0 aromatic heterocycles. The summed E-state index contributed by atoms with van der Waals surface area (Å²) in [7, 11) is -3.82. The van der Waals surface area contributed by atoms with Gasteiger partial charge >= 0.3 is 17.1 Å². The van der Waals surface area contributed by atoms with Crippen LogP contribution in [0.3, 0.4) is 0 Å². The number of hydrogen-bond acceptors (Lipinski definition) is 4. The Kier molecular flexibility index (Phi) is 7.57. The van der Waals surface area contributed by atoms with Crippen molar-refractivity contribution in [3.8, 4) is 0 Å². The third-order valence-electron chi connectivity index (χ3n) is 3.12. The normalized spacial score (nSPS) is 14.7. The average molecular weight is 355 g/mol. The third kappa shape index (κ3) is 8.88. The van der Waals surface area contributed by atoms with Gasteiger partial charge in [-0.2, -0.15) is 0 Å². The van der Waals surface area contributed by atoms with Crippen LogP contribution in [0.25, 0.3) is 0 Å². The van der Waals surface area contributed by atoms with E-state index in [1.54, 1.807) is 14.2 Å². The molecule has 122 valence electrons. The van der Waals surface area contributed by atoms with Crippen LogP contribution >= 0.6 is 0 Å². The summed E-state index contributed by atoms with van der Waals surface area (Å²) >= 11 is 0. The smallest absolute Gasteiger partial charge is 0.334 e. The topological polar surface area (TPSA) is 36.9 Å². The molecule has 0 heterocycles. The van der Waals surface area contributed by atoms with Crippen molar-refractivity contribution < 1.29 is 17.1 Å². The summed E-state index contributed by atoms with van der Waals surface area (Å²) in [6.07, 6.45) is 0. The second kappa shape index (κ2) is 7.31. The summed E-state index contributed by atoms with van der Waals surface area (Å²) in [6, 6.07) is 2.04. The van der Waals surface area contributed by atoms with Gasteiger partial charge in [0.2, 0.25) is 0 Å². The highest BCUT2D eigenvalue weighted by Gasteiger charge is 2.40. The molecule has 0 amide bonds. The lowest BCUT2D eigenvalue weighted by atomic mass is 10.9. The van der Waals surface area contributed by atoms with Gasteiger partial charge in [0.1, 0.15) is 0 Å². The van der Waals surface area contributed by atoms with Crippen molar-refractivity contribution in [2.75, 3.05) is 14.2 Å². The van der Waals surface area contributed by atoms with E-state index in [2.05, 4.69) is 52.4 Å². The lowest BCUT2D eigenvalue weighted by Crippen LogP contribution is -2.52. The van der Waals surface area contributed by atoms with Crippen LogP contribution in [0.1, 0.15) is 0 Å². The quantitative estimate of drug-likeness (QED) is 0.583. The summed E-state index contributed by atoms with van der Waals surface area (Å²) in [5.74, 6) is 0. The Morgan fingerprint density at radius 2 is 1.10 bits per heavy atom. The molecule has 0 spiro atoms. The van der Waals surface area contributed by atoms with Gasteiger partial charge in [0.15, 0.2) is 16.6 Å². The number of hydrogen-bond donors (Lipinski definition) is 0. The summed E-state index contributed by atoms with van der Waals surface area (Å²) in [5.41, 5.74) is 0. The Hall–Kier alpha value is 0.708. The fourth-order valence-corrected chi connectivity index (χ4v) is 19.3. The van der Waals surface area contributed by atoms with Crippen molar-refractivity contribution in [3.05, 3.63) is 0 Å². The van der Waals surface area contributed by atoms with Gasteiger partial charge < -0.3 is 17.1 Å². The van der Waals surface area contributed by atoms with E-state index < -0.39 is 33.8 Å². The van der Waals surface area contributed by atoms with Crippen molar-refractivity contribution in [1.29, 1.82) is 0 Å². The van der Waals surface area contributed by atoms with E-state index in [4.69, 9.17) is 17.1 Å². The monoisotopic (exact) mass is 354 g/mol. The second-order valence-corrected chi connectivity index (χ2v) is 23.8. The highest BCUT2D eigenvalue weighted by Crippen LogP contribution is 2.26. The summed E-state index contributed by atoms with van der Waals surface area (Å²) in [5, 5.41) is 0. The first-order valence-electron chi connectivity index (χ1n) is 7.25. The molecule has 8 heteroatoms. The van der Waals surface area contributed by atoms with Crippen LogP contribution in [0.15, 0.2) is 0 Å². The molecule has 0 aliphatic carbocycles. The van der Waals surface area contributed by atoms with Crippen molar-refractivity contribution in [3.63, 3.8) is 0 Å². The average Bonchev–Trinajstić information content (AvgIpc) is 2.21. The maximum atomic E-state index is 6.49. The van der Waals surface area contributed by atoms with E-state index >= 15 is 0 Å². The van der Waals surface area contributed by atoms with Gasteiger partial charge in [-0.1, -0.05) is 0 Å². The first-order chi connectivity index (χ1) is 8.74. The van der Waals surface area contributed by atoms with Gasteiger partial charge in [-0.15, -0.1) is 0 Å². The Bertz CT molecular complexity index is 298. The van der Waals surface area contributed by atoms with Crippen LogP contribution in [0.2, 0.25) is 64.5 Å². The first kappa shape index (κ1) is 20.7. The van der Waals surface area contributed by atoms with Crippen LogP contribution in [-0.4, -0.2) is 48.0 Å². The zero-order chi connectivity index (χ0) is 16.2. The van der Waals surface area contributed by atoms with Crippen molar-refractivity contribution in [1.82, 2.24) is 0 Å². The second-order valence-electron chi connectivity index (χ2n) is 7.52. The molecule has 0 fully saturated rings. The van der Waals surface area contributed by atoms with Crippen LogP contribution in [0.4, 0.5) is 0 Å². The maximum Gasteiger partial charge on any atom is 0.334 e. The fourth-order valence-electron chi connectivity index (χ4n) is 2.29. The molecule has 0 saturated heterocycles. The molecule has 0 aromatic carbocycles. The minimum atomic E-state index is -2.03. The lowest BCUT2D eigenvalue weighted by Gasteiger charge is -2.38. The minimum Gasteiger partial charge on any atom is -0.437 e. The van der Waals surface area contributed by atoms with Gasteiger partial charge in [0, 0.05) is 14.2 Å². The van der Waals surface area contributed by atoms with Crippen LogP contribution in [0.5, 0.6) is 0 Å². The Morgan fingerprint density at radius 3 is 1.45 bits per heavy atom. The molecule has 0 atom stereocenters. The zero-order valence-corrected chi connectivity index (χ0v) is 19.0.